The number of sulfonamides is 1. The zero-order chi connectivity index (χ0) is 15.3. The molecule has 7 nitrogen and oxygen atoms in total. The maximum absolute atomic E-state index is 11.7. The summed E-state index contributed by atoms with van der Waals surface area (Å²) in [6.45, 7) is 4.66. The van der Waals surface area contributed by atoms with Crippen LogP contribution in [0.5, 0.6) is 0 Å². The molecule has 0 unspecified atom stereocenters. The monoisotopic (exact) mass is 300 g/mol. The highest BCUT2D eigenvalue weighted by Gasteiger charge is 2.19. The van der Waals surface area contributed by atoms with Crippen molar-refractivity contribution in [1.29, 1.82) is 0 Å². The van der Waals surface area contributed by atoms with Gasteiger partial charge in [-0.05, 0) is 32.0 Å². The van der Waals surface area contributed by atoms with Crippen molar-refractivity contribution in [2.45, 2.75) is 18.7 Å². The maximum Gasteiger partial charge on any atom is 0.240 e. The van der Waals surface area contributed by atoms with Gasteiger partial charge in [0.05, 0.1) is 12.2 Å². The molecule has 0 saturated carbocycles. The molecule has 0 radical (unpaired) electrons. The van der Waals surface area contributed by atoms with Gasteiger partial charge in [-0.15, -0.1) is 0 Å². The molecule has 1 aromatic rings. The third kappa shape index (κ3) is 4.10. The van der Waals surface area contributed by atoms with Crippen LogP contribution in [0.2, 0.25) is 0 Å². The average Bonchev–Trinajstić information content (AvgIpc) is 2.35. The molecule has 0 atom stereocenters. The van der Waals surface area contributed by atoms with E-state index in [4.69, 9.17) is 10.9 Å². The summed E-state index contributed by atoms with van der Waals surface area (Å²) in [5.41, 5.74) is 6.27. The minimum absolute atomic E-state index is 0.0524. The van der Waals surface area contributed by atoms with E-state index in [0.717, 1.165) is 0 Å². The van der Waals surface area contributed by atoms with Crippen molar-refractivity contribution in [1.82, 2.24) is 5.32 Å². The number of likely N-dealkylation sites (N-methyl/N-ethyl adjacent to an activating group) is 2. The summed E-state index contributed by atoms with van der Waals surface area (Å²) < 4.78 is 23.3. The predicted molar refractivity (Wildman–Crippen MR) is 78.8 cm³/mol. The predicted octanol–water partition coefficient (Wildman–Crippen LogP) is -0.121. The summed E-state index contributed by atoms with van der Waals surface area (Å²) in [5, 5.41) is 7.86. The molecule has 0 aliphatic rings. The number of nitrogens with zero attached hydrogens (tertiary/aromatic N) is 1. The van der Waals surface area contributed by atoms with Gasteiger partial charge in [-0.1, -0.05) is 0 Å². The maximum atomic E-state index is 11.7. The molecule has 20 heavy (non-hydrogen) atoms. The minimum atomic E-state index is -3.91. The van der Waals surface area contributed by atoms with Crippen molar-refractivity contribution in [3.05, 3.63) is 18.2 Å². The summed E-state index contributed by atoms with van der Waals surface area (Å²) in [6, 6.07) is 4.42. The highest BCUT2D eigenvalue weighted by molar-refractivity contribution is 7.89. The van der Waals surface area contributed by atoms with Gasteiger partial charge in [0.2, 0.25) is 15.9 Å². The third-order valence-corrected chi connectivity index (χ3v) is 3.66. The van der Waals surface area contributed by atoms with Crippen LogP contribution in [0.1, 0.15) is 13.8 Å². The summed E-state index contributed by atoms with van der Waals surface area (Å²) in [7, 11) is -3.91. The quantitative estimate of drug-likeness (QED) is 0.633. The molecule has 0 bridgehead atoms. The zero-order valence-electron chi connectivity index (χ0n) is 11.6. The van der Waals surface area contributed by atoms with Crippen molar-refractivity contribution in [3.63, 3.8) is 0 Å². The Morgan fingerprint density at radius 3 is 2.50 bits per heavy atom. The Morgan fingerprint density at radius 1 is 1.35 bits per heavy atom. The van der Waals surface area contributed by atoms with Crippen LogP contribution in [-0.2, 0) is 14.8 Å². The van der Waals surface area contributed by atoms with E-state index in [1.165, 1.54) is 6.07 Å². The molecule has 0 aliphatic heterocycles. The largest absolute Gasteiger partial charge is 0.399 e. The third-order valence-electron chi connectivity index (χ3n) is 2.72. The van der Waals surface area contributed by atoms with Crippen molar-refractivity contribution < 1.29 is 13.2 Å². The molecular formula is C12H20N4O3S. The van der Waals surface area contributed by atoms with Gasteiger partial charge < -0.3 is 16.0 Å². The fourth-order valence-corrected chi connectivity index (χ4v) is 2.60. The second kappa shape index (κ2) is 6.58. The molecule has 0 spiro atoms. The van der Waals surface area contributed by atoms with Gasteiger partial charge in [0.1, 0.15) is 4.90 Å². The first-order valence-corrected chi connectivity index (χ1v) is 7.78. The molecule has 1 aromatic carbocycles. The van der Waals surface area contributed by atoms with Crippen LogP contribution in [0.4, 0.5) is 11.4 Å². The summed E-state index contributed by atoms with van der Waals surface area (Å²) >= 11 is 0. The molecule has 0 fully saturated rings. The number of nitrogens with two attached hydrogens (primary N) is 2. The molecule has 5 N–H and O–H groups in total. The number of nitrogen functional groups attached to an aromatic ring is 1. The van der Waals surface area contributed by atoms with E-state index < -0.39 is 10.0 Å². The topological polar surface area (TPSA) is 119 Å². The van der Waals surface area contributed by atoms with Crippen LogP contribution in [-0.4, -0.2) is 34.0 Å². The summed E-state index contributed by atoms with van der Waals surface area (Å²) in [6.07, 6.45) is 0. The van der Waals surface area contributed by atoms with Crippen LogP contribution in [0.25, 0.3) is 0 Å². The van der Waals surface area contributed by atoms with Crippen LogP contribution in [0.15, 0.2) is 23.1 Å². The second-order valence-corrected chi connectivity index (χ2v) is 5.77. The summed E-state index contributed by atoms with van der Waals surface area (Å²) in [4.78, 5) is 13.2. The highest BCUT2D eigenvalue weighted by atomic mass is 32.2. The number of nitrogens with one attached hydrogen (secondary N) is 1. The standard InChI is InChI=1S/C12H20N4O3S/c1-3-15-12(17)8-16(4-2)10-6-5-9(13)7-11(10)20(14,18)19/h5-7H,3-4,8,13H2,1-2H3,(H,15,17)(H2,14,18,19). The number of anilines is 2. The first kappa shape index (κ1) is 16.3. The Hall–Kier alpha value is -1.80. The van der Waals surface area contributed by atoms with Gasteiger partial charge in [-0.3, -0.25) is 4.79 Å². The molecule has 0 heterocycles. The molecule has 112 valence electrons. The normalized spacial score (nSPS) is 11.2. The minimum Gasteiger partial charge on any atom is -0.399 e. The fourth-order valence-electron chi connectivity index (χ4n) is 1.81. The molecular weight excluding hydrogens is 280 g/mol. The Morgan fingerprint density at radius 2 is 2.00 bits per heavy atom. The highest BCUT2D eigenvalue weighted by Crippen LogP contribution is 2.26. The van der Waals surface area contributed by atoms with E-state index in [2.05, 4.69) is 5.32 Å². The molecule has 8 heteroatoms. The molecule has 1 amide bonds. The van der Waals surface area contributed by atoms with Crippen molar-refractivity contribution >= 4 is 27.3 Å². The smallest absolute Gasteiger partial charge is 0.240 e. The number of carbonyl (C=O) groups excluding carboxylic acids is 1. The molecule has 0 aromatic heterocycles. The number of benzene rings is 1. The zero-order valence-corrected chi connectivity index (χ0v) is 12.4. The van der Waals surface area contributed by atoms with E-state index in [-0.39, 0.29) is 17.3 Å². The van der Waals surface area contributed by atoms with E-state index in [9.17, 15) is 13.2 Å². The lowest BCUT2D eigenvalue weighted by Gasteiger charge is -2.24. The van der Waals surface area contributed by atoms with E-state index in [1.807, 2.05) is 13.8 Å². The number of hydrogen-bond acceptors (Lipinski definition) is 5. The Labute approximate surface area is 119 Å². The SMILES string of the molecule is CCNC(=O)CN(CC)c1ccc(N)cc1S(N)(=O)=O. The van der Waals surface area contributed by atoms with Gasteiger partial charge >= 0.3 is 0 Å². The van der Waals surface area contributed by atoms with E-state index in [0.29, 0.717) is 24.5 Å². The Balaban J connectivity index is 3.19. The number of hydrogen-bond donors (Lipinski definition) is 3. The van der Waals surface area contributed by atoms with E-state index in [1.54, 1.807) is 17.0 Å². The van der Waals surface area contributed by atoms with Crippen molar-refractivity contribution in [2.75, 3.05) is 30.3 Å². The van der Waals surface area contributed by atoms with Crippen LogP contribution >= 0.6 is 0 Å². The number of rotatable bonds is 6. The van der Waals surface area contributed by atoms with Crippen LogP contribution in [0, 0.1) is 0 Å². The first-order valence-electron chi connectivity index (χ1n) is 6.23. The Kier molecular flexibility index (Phi) is 5.34. The number of carbonyl (C=O) groups is 1. The second-order valence-electron chi connectivity index (χ2n) is 4.24. The first-order chi connectivity index (χ1) is 9.29. The van der Waals surface area contributed by atoms with Crippen LogP contribution in [0.3, 0.4) is 0 Å². The van der Waals surface area contributed by atoms with Gasteiger partial charge in [0, 0.05) is 18.8 Å². The lowest BCUT2D eigenvalue weighted by Crippen LogP contribution is -2.38. The lowest BCUT2D eigenvalue weighted by atomic mass is 10.2. The van der Waals surface area contributed by atoms with Crippen LogP contribution < -0.4 is 21.1 Å². The van der Waals surface area contributed by atoms with Gasteiger partial charge in [0.15, 0.2) is 0 Å². The van der Waals surface area contributed by atoms with E-state index >= 15 is 0 Å². The van der Waals surface area contributed by atoms with Gasteiger partial charge in [-0.25, -0.2) is 13.6 Å². The average molecular weight is 300 g/mol. The molecule has 0 saturated heterocycles. The fraction of sp³-hybridized carbons (Fsp3) is 0.417. The number of amides is 1. The van der Waals surface area contributed by atoms with Gasteiger partial charge in [-0.2, -0.15) is 0 Å². The van der Waals surface area contributed by atoms with Crippen molar-refractivity contribution in [2.24, 2.45) is 5.14 Å². The Bertz CT molecular complexity index is 586. The van der Waals surface area contributed by atoms with Crippen molar-refractivity contribution in [3.8, 4) is 0 Å². The van der Waals surface area contributed by atoms with Gasteiger partial charge in [0.25, 0.3) is 0 Å². The number of primary sulfonamides is 1. The molecule has 1 rings (SSSR count). The summed E-state index contributed by atoms with van der Waals surface area (Å²) in [5.74, 6) is -0.188. The lowest BCUT2D eigenvalue weighted by molar-refractivity contribution is -0.119. The molecule has 0 aliphatic carbocycles.